The summed E-state index contributed by atoms with van der Waals surface area (Å²) >= 11 is 3.34. The van der Waals surface area contributed by atoms with Crippen LogP contribution in [0.25, 0.3) is 0 Å². The van der Waals surface area contributed by atoms with Crippen LogP contribution in [0, 0.1) is 5.92 Å². The smallest absolute Gasteiger partial charge is 0.232 e. The highest BCUT2D eigenvalue weighted by Crippen LogP contribution is 2.20. The highest BCUT2D eigenvalue weighted by atomic mass is 79.9. The van der Waals surface area contributed by atoms with Crippen molar-refractivity contribution in [1.29, 1.82) is 0 Å². The second-order valence-corrected chi connectivity index (χ2v) is 5.75. The third-order valence-corrected chi connectivity index (χ3v) is 3.83. The quantitative estimate of drug-likeness (QED) is 0.839. The molecule has 2 heterocycles. The van der Waals surface area contributed by atoms with Crippen molar-refractivity contribution in [3.63, 3.8) is 0 Å². The van der Waals surface area contributed by atoms with Crippen LogP contribution in [-0.4, -0.2) is 43.0 Å². The molecule has 98 valence electrons. The molecule has 4 nitrogen and oxygen atoms in total. The van der Waals surface area contributed by atoms with Gasteiger partial charge in [-0.15, -0.1) is 0 Å². The van der Waals surface area contributed by atoms with Gasteiger partial charge in [-0.05, 0) is 54.5 Å². The van der Waals surface area contributed by atoms with Gasteiger partial charge in [-0.3, -0.25) is 9.69 Å². The predicted molar refractivity (Wildman–Crippen MR) is 75.6 cm³/mol. The van der Waals surface area contributed by atoms with E-state index in [1.54, 1.807) is 18.1 Å². The first kappa shape index (κ1) is 13.5. The van der Waals surface area contributed by atoms with E-state index in [0.717, 1.165) is 30.4 Å². The molecule has 0 bridgehead atoms. The van der Waals surface area contributed by atoms with Gasteiger partial charge in [0.15, 0.2) is 0 Å². The van der Waals surface area contributed by atoms with Crippen LogP contribution in [0.5, 0.6) is 0 Å². The van der Waals surface area contributed by atoms with Gasteiger partial charge in [0.2, 0.25) is 5.91 Å². The number of nitrogens with zero attached hydrogens (tertiary/aromatic N) is 3. The van der Waals surface area contributed by atoms with Crippen LogP contribution in [0.15, 0.2) is 22.8 Å². The molecule has 1 saturated heterocycles. The van der Waals surface area contributed by atoms with Crippen LogP contribution in [0.1, 0.15) is 12.8 Å². The molecule has 1 fully saturated rings. The molecule has 1 aliphatic heterocycles. The molecule has 1 aliphatic rings. The Bertz CT molecular complexity index is 421. The number of halogens is 1. The minimum Gasteiger partial charge on any atom is -0.306 e. The molecule has 1 unspecified atom stereocenters. The van der Waals surface area contributed by atoms with E-state index in [4.69, 9.17) is 0 Å². The molecule has 1 amide bonds. The van der Waals surface area contributed by atoms with E-state index in [0.29, 0.717) is 5.82 Å². The highest BCUT2D eigenvalue weighted by Gasteiger charge is 2.27. The van der Waals surface area contributed by atoms with Crippen LogP contribution in [-0.2, 0) is 4.79 Å². The number of likely N-dealkylation sites (tertiary alicyclic amines) is 1. The van der Waals surface area contributed by atoms with Gasteiger partial charge in [-0.2, -0.15) is 0 Å². The van der Waals surface area contributed by atoms with Crippen LogP contribution in [0.4, 0.5) is 5.82 Å². The third kappa shape index (κ3) is 3.09. The number of hydrogen-bond acceptors (Lipinski definition) is 3. The Morgan fingerprint density at radius 3 is 2.94 bits per heavy atom. The van der Waals surface area contributed by atoms with Crippen LogP contribution < -0.4 is 4.90 Å². The summed E-state index contributed by atoms with van der Waals surface area (Å²) in [4.78, 5) is 20.5. The van der Waals surface area contributed by atoms with Crippen molar-refractivity contribution in [1.82, 2.24) is 9.88 Å². The third-order valence-electron chi connectivity index (χ3n) is 3.36. The molecular weight excluding hydrogens is 294 g/mol. The molecule has 0 radical (unpaired) electrons. The average Bonchev–Trinajstić information content (AvgIpc) is 2.38. The fourth-order valence-electron chi connectivity index (χ4n) is 2.32. The number of amides is 1. The Balaban J connectivity index is 2.06. The second kappa shape index (κ2) is 5.80. The van der Waals surface area contributed by atoms with E-state index in [2.05, 4.69) is 32.9 Å². The first-order valence-electron chi connectivity index (χ1n) is 6.15. The first-order chi connectivity index (χ1) is 8.58. The first-order valence-corrected chi connectivity index (χ1v) is 6.95. The average molecular weight is 312 g/mol. The summed E-state index contributed by atoms with van der Waals surface area (Å²) in [7, 11) is 3.87. The maximum atomic E-state index is 12.4. The van der Waals surface area contributed by atoms with E-state index in [9.17, 15) is 4.79 Å². The second-order valence-electron chi connectivity index (χ2n) is 4.83. The lowest BCUT2D eigenvalue weighted by Crippen LogP contribution is -2.42. The molecule has 18 heavy (non-hydrogen) atoms. The number of anilines is 1. The van der Waals surface area contributed by atoms with Crippen molar-refractivity contribution in [2.24, 2.45) is 5.92 Å². The molecule has 5 heteroatoms. The molecule has 0 spiro atoms. The Labute approximate surface area is 116 Å². The monoisotopic (exact) mass is 311 g/mol. The van der Waals surface area contributed by atoms with Crippen molar-refractivity contribution in [2.75, 3.05) is 32.1 Å². The molecule has 1 aromatic rings. The largest absolute Gasteiger partial charge is 0.306 e. The summed E-state index contributed by atoms with van der Waals surface area (Å²) in [6.45, 7) is 1.93. The predicted octanol–water partition coefficient (Wildman–Crippen LogP) is 2.15. The molecule has 1 aromatic heterocycles. The molecule has 0 aromatic carbocycles. The van der Waals surface area contributed by atoms with E-state index in [-0.39, 0.29) is 11.8 Å². The van der Waals surface area contributed by atoms with Gasteiger partial charge < -0.3 is 4.90 Å². The SMILES string of the molecule is CN1CCCC(C(=O)N(C)c2ccc(Br)cn2)C1. The maximum absolute atomic E-state index is 12.4. The zero-order valence-corrected chi connectivity index (χ0v) is 12.4. The molecule has 1 atom stereocenters. The lowest BCUT2D eigenvalue weighted by molar-refractivity contribution is -0.123. The van der Waals surface area contributed by atoms with Crippen molar-refractivity contribution >= 4 is 27.7 Å². The number of carbonyl (C=O) groups excluding carboxylic acids is 1. The molecule has 0 aliphatic carbocycles. The van der Waals surface area contributed by atoms with E-state index in [1.165, 1.54) is 0 Å². The highest BCUT2D eigenvalue weighted by molar-refractivity contribution is 9.10. The Kier molecular flexibility index (Phi) is 4.35. The van der Waals surface area contributed by atoms with Gasteiger partial charge in [-0.1, -0.05) is 0 Å². The molecule has 0 N–H and O–H groups in total. The Morgan fingerprint density at radius 2 is 2.33 bits per heavy atom. The number of aromatic nitrogens is 1. The maximum Gasteiger partial charge on any atom is 0.232 e. The fourth-order valence-corrected chi connectivity index (χ4v) is 2.56. The van der Waals surface area contributed by atoms with Crippen LogP contribution in [0.3, 0.4) is 0 Å². The van der Waals surface area contributed by atoms with Crippen molar-refractivity contribution in [3.8, 4) is 0 Å². The van der Waals surface area contributed by atoms with Gasteiger partial charge in [0, 0.05) is 24.3 Å². The number of carbonyl (C=O) groups is 1. The lowest BCUT2D eigenvalue weighted by atomic mass is 9.97. The van der Waals surface area contributed by atoms with E-state index in [1.807, 2.05) is 12.1 Å². The van der Waals surface area contributed by atoms with E-state index < -0.39 is 0 Å². The standard InChI is InChI=1S/C13H18BrN3O/c1-16-7-3-4-10(9-16)13(18)17(2)12-6-5-11(14)8-15-12/h5-6,8,10H,3-4,7,9H2,1-2H3. The van der Waals surface area contributed by atoms with Crippen LogP contribution in [0.2, 0.25) is 0 Å². The minimum atomic E-state index is 0.0965. The Morgan fingerprint density at radius 1 is 1.56 bits per heavy atom. The van der Waals surface area contributed by atoms with Crippen molar-refractivity contribution in [2.45, 2.75) is 12.8 Å². The van der Waals surface area contributed by atoms with E-state index >= 15 is 0 Å². The molecule has 0 saturated carbocycles. The summed E-state index contributed by atoms with van der Waals surface area (Å²) in [6, 6.07) is 3.76. The van der Waals surface area contributed by atoms with Gasteiger partial charge in [0.25, 0.3) is 0 Å². The van der Waals surface area contributed by atoms with Gasteiger partial charge >= 0.3 is 0 Å². The zero-order chi connectivity index (χ0) is 13.1. The van der Waals surface area contributed by atoms with Crippen molar-refractivity contribution < 1.29 is 4.79 Å². The van der Waals surface area contributed by atoms with Gasteiger partial charge in [-0.25, -0.2) is 4.98 Å². The summed E-state index contributed by atoms with van der Waals surface area (Å²) in [5, 5.41) is 0. The summed E-state index contributed by atoms with van der Waals surface area (Å²) in [6.07, 6.45) is 3.78. The normalized spacial score (nSPS) is 20.7. The number of pyridine rings is 1. The zero-order valence-electron chi connectivity index (χ0n) is 10.8. The van der Waals surface area contributed by atoms with Gasteiger partial charge in [0.1, 0.15) is 5.82 Å². The Hall–Kier alpha value is -0.940. The summed E-state index contributed by atoms with van der Waals surface area (Å²) in [5.74, 6) is 0.965. The van der Waals surface area contributed by atoms with Crippen LogP contribution >= 0.6 is 15.9 Å². The molecular formula is C13H18BrN3O. The number of hydrogen-bond donors (Lipinski definition) is 0. The lowest BCUT2D eigenvalue weighted by Gasteiger charge is -2.31. The summed E-state index contributed by atoms with van der Waals surface area (Å²) in [5.41, 5.74) is 0. The van der Waals surface area contributed by atoms with Gasteiger partial charge in [0.05, 0.1) is 5.92 Å². The number of rotatable bonds is 2. The molecule has 2 rings (SSSR count). The minimum absolute atomic E-state index is 0.0965. The fraction of sp³-hybridized carbons (Fsp3) is 0.538. The summed E-state index contributed by atoms with van der Waals surface area (Å²) < 4.78 is 0.921. The van der Waals surface area contributed by atoms with Crippen molar-refractivity contribution in [3.05, 3.63) is 22.8 Å². The topological polar surface area (TPSA) is 36.4 Å². The number of piperidine rings is 1.